The van der Waals surface area contributed by atoms with Gasteiger partial charge in [-0.25, -0.2) is 0 Å². The van der Waals surface area contributed by atoms with Crippen LogP contribution in [0.2, 0.25) is 0 Å². The number of methoxy groups -OCH3 is 2. The second-order valence-electron chi connectivity index (χ2n) is 5.83. The zero-order chi connectivity index (χ0) is 18.1. The highest BCUT2D eigenvalue weighted by atomic mass is 16.5. The molecular formula is C21H17NO4. The fraction of sp³-hybridized carbons (Fsp3) is 0.0952. The van der Waals surface area contributed by atoms with Gasteiger partial charge in [0, 0.05) is 22.0 Å². The lowest BCUT2D eigenvalue weighted by molar-refractivity contribution is 0.102. The number of nitrogens with one attached hydrogen (secondary N) is 1. The maximum atomic E-state index is 12.6. The molecule has 0 spiro atoms. The molecular weight excluding hydrogens is 330 g/mol. The van der Waals surface area contributed by atoms with E-state index >= 15 is 0 Å². The van der Waals surface area contributed by atoms with Gasteiger partial charge in [-0.1, -0.05) is 18.2 Å². The van der Waals surface area contributed by atoms with Crippen LogP contribution in [0, 0.1) is 0 Å². The molecule has 26 heavy (non-hydrogen) atoms. The molecule has 1 N–H and O–H groups in total. The number of hydrogen-bond donors (Lipinski definition) is 1. The summed E-state index contributed by atoms with van der Waals surface area (Å²) in [5, 5.41) is 4.90. The molecule has 0 aliphatic rings. The fourth-order valence-corrected chi connectivity index (χ4v) is 2.98. The van der Waals surface area contributed by atoms with E-state index in [-0.39, 0.29) is 5.91 Å². The van der Waals surface area contributed by atoms with Gasteiger partial charge in [0.1, 0.15) is 11.2 Å². The molecule has 0 fully saturated rings. The minimum Gasteiger partial charge on any atom is -0.493 e. The fourth-order valence-electron chi connectivity index (χ4n) is 2.98. The minimum atomic E-state index is -0.224. The second kappa shape index (κ2) is 6.44. The highest BCUT2D eigenvalue weighted by Crippen LogP contribution is 2.31. The number of para-hydroxylation sites is 1. The number of fused-ring (bicyclic) bond motifs is 3. The van der Waals surface area contributed by atoms with Crippen LogP contribution in [0.5, 0.6) is 11.5 Å². The molecule has 3 aromatic carbocycles. The molecule has 0 aliphatic carbocycles. The molecule has 130 valence electrons. The summed E-state index contributed by atoms with van der Waals surface area (Å²) in [6.45, 7) is 0. The van der Waals surface area contributed by atoms with E-state index in [1.807, 2.05) is 42.5 Å². The van der Waals surface area contributed by atoms with Crippen LogP contribution in [-0.2, 0) is 0 Å². The number of amides is 1. The Morgan fingerprint density at radius 2 is 1.62 bits per heavy atom. The van der Waals surface area contributed by atoms with Gasteiger partial charge in [0.05, 0.1) is 14.2 Å². The topological polar surface area (TPSA) is 60.7 Å². The lowest BCUT2D eigenvalue weighted by atomic mass is 10.1. The van der Waals surface area contributed by atoms with Gasteiger partial charge in [-0.05, 0) is 42.5 Å². The third kappa shape index (κ3) is 2.73. The summed E-state index contributed by atoms with van der Waals surface area (Å²) in [6, 6.07) is 18.5. The van der Waals surface area contributed by atoms with Crippen molar-refractivity contribution in [3.63, 3.8) is 0 Å². The Balaban J connectivity index is 1.66. The van der Waals surface area contributed by atoms with Crippen LogP contribution in [0.3, 0.4) is 0 Å². The maximum absolute atomic E-state index is 12.6. The highest BCUT2D eigenvalue weighted by Gasteiger charge is 2.12. The molecule has 1 aromatic heterocycles. The lowest BCUT2D eigenvalue weighted by Gasteiger charge is -2.10. The summed E-state index contributed by atoms with van der Waals surface area (Å²) in [5.74, 6) is 0.866. The van der Waals surface area contributed by atoms with Crippen molar-refractivity contribution in [1.82, 2.24) is 0 Å². The van der Waals surface area contributed by atoms with E-state index in [0.717, 1.165) is 21.9 Å². The average molecular weight is 347 g/mol. The molecule has 0 bridgehead atoms. The van der Waals surface area contributed by atoms with Crippen LogP contribution < -0.4 is 14.8 Å². The third-order valence-corrected chi connectivity index (χ3v) is 4.28. The molecule has 0 saturated heterocycles. The molecule has 4 rings (SSSR count). The van der Waals surface area contributed by atoms with Gasteiger partial charge in [-0.3, -0.25) is 4.79 Å². The largest absolute Gasteiger partial charge is 0.493 e. The molecule has 0 unspecified atom stereocenters. The highest BCUT2D eigenvalue weighted by molar-refractivity contribution is 6.09. The number of anilines is 1. The maximum Gasteiger partial charge on any atom is 0.255 e. The number of benzene rings is 3. The van der Waals surface area contributed by atoms with Gasteiger partial charge in [-0.15, -0.1) is 0 Å². The number of carbonyl (C=O) groups excluding carboxylic acids is 1. The molecule has 0 radical (unpaired) electrons. The lowest BCUT2D eigenvalue weighted by Crippen LogP contribution is -2.12. The smallest absolute Gasteiger partial charge is 0.255 e. The van der Waals surface area contributed by atoms with Gasteiger partial charge in [-0.2, -0.15) is 0 Å². The van der Waals surface area contributed by atoms with Crippen LogP contribution in [0.25, 0.3) is 21.9 Å². The van der Waals surface area contributed by atoms with E-state index in [1.54, 1.807) is 25.3 Å². The molecule has 1 heterocycles. The van der Waals surface area contributed by atoms with E-state index < -0.39 is 0 Å². The second-order valence-corrected chi connectivity index (χ2v) is 5.83. The molecule has 0 saturated carbocycles. The van der Waals surface area contributed by atoms with E-state index in [4.69, 9.17) is 13.9 Å². The van der Waals surface area contributed by atoms with Gasteiger partial charge in [0.15, 0.2) is 11.5 Å². The number of ether oxygens (including phenoxy) is 2. The first-order chi connectivity index (χ1) is 12.7. The normalized spacial score (nSPS) is 10.8. The summed E-state index contributed by atoms with van der Waals surface area (Å²) in [6.07, 6.45) is 0. The van der Waals surface area contributed by atoms with Crippen molar-refractivity contribution >= 4 is 33.5 Å². The Labute approximate surface area is 150 Å². The molecule has 5 heteroatoms. The monoisotopic (exact) mass is 347 g/mol. The van der Waals surface area contributed by atoms with Crippen molar-refractivity contribution in [3.05, 3.63) is 66.2 Å². The molecule has 5 nitrogen and oxygen atoms in total. The first-order valence-electron chi connectivity index (χ1n) is 8.14. The summed E-state index contributed by atoms with van der Waals surface area (Å²) in [7, 11) is 3.10. The number of carbonyl (C=O) groups is 1. The molecule has 0 atom stereocenters. The predicted molar refractivity (Wildman–Crippen MR) is 101 cm³/mol. The zero-order valence-corrected chi connectivity index (χ0v) is 14.4. The van der Waals surface area contributed by atoms with Gasteiger partial charge in [0.25, 0.3) is 5.91 Å². The van der Waals surface area contributed by atoms with Crippen LogP contribution in [0.15, 0.2) is 65.1 Å². The average Bonchev–Trinajstić information content (AvgIpc) is 3.05. The summed E-state index contributed by atoms with van der Waals surface area (Å²) < 4.78 is 16.3. The number of rotatable bonds is 4. The standard InChI is InChI=1S/C21H17NO4/c1-24-19-9-7-13(11-20(19)25-2)21(23)22-14-8-10-18-16(12-14)15-5-3-4-6-17(15)26-18/h3-12H,1-2H3,(H,22,23). The van der Waals surface area contributed by atoms with Crippen molar-refractivity contribution < 1.29 is 18.7 Å². The Morgan fingerprint density at radius 1 is 0.846 bits per heavy atom. The van der Waals surface area contributed by atoms with E-state index in [9.17, 15) is 4.79 Å². The Bertz CT molecular complexity index is 1110. The van der Waals surface area contributed by atoms with E-state index in [1.165, 1.54) is 7.11 Å². The quantitative estimate of drug-likeness (QED) is 0.573. The minimum absolute atomic E-state index is 0.224. The van der Waals surface area contributed by atoms with E-state index in [2.05, 4.69) is 5.32 Å². The van der Waals surface area contributed by atoms with Crippen LogP contribution in [-0.4, -0.2) is 20.1 Å². The Hall–Kier alpha value is -3.47. The first kappa shape index (κ1) is 16.0. The summed E-state index contributed by atoms with van der Waals surface area (Å²) in [4.78, 5) is 12.6. The predicted octanol–water partition coefficient (Wildman–Crippen LogP) is 4.86. The van der Waals surface area contributed by atoms with Gasteiger partial charge >= 0.3 is 0 Å². The number of furan rings is 1. The van der Waals surface area contributed by atoms with Crippen LogP contribution in [0.1, 0.15) is 10.4 Å². The van der Waals surface area contributed by atoms with Gasteiger partial charge in [0.2, 0.25) is 0 Å². The van der Waals surface area contributed by atoms with Gasteiger partial charge < -0.3 is 19.2 Å². The van der Waals surface area contributed by atoms with Crippen LogP contribution in [0.4, 0.5) is 5.69 Å². The molecule has 1 amide bonds. The van der Waals surface area contributed by atoms with Crippen molar-refractivity contribution in [2.45, 2.75) is 0 Å². The van der Waals surface area contributed by atoms with Crippen molar-refractivity contribution in [3.8, 4) is 11.5 Å². The zero-order valence-electron chi connectivity index (χ0n) is 14.4. The Kier molecular flexibility index (Phi) is 3.97. The summed E-state index contributed by atoms with van der Waals surface area (Å²) in [5.41, 5.74) is 2.80. The molecule has 0 aliphatic heterocycles. The molecule has 4 aromatic rings. The van der Waals surface area contributed by atoms with Crippen molar-refractivity contribution in [1.29, 1.82) is 0 Å². The van der Waals surface area contributed by atoms with E-state index in [0.29, 0.717) is 22.7 Å². The first-order valence-corrected chi connectivity index (χ1v) is 8.14. The van der Waals surface area contributed by atoms with Crippen LogP contribution >= 0.6 is 0 Å². The SMILES string of the molecule is COc1ccc(C(=O)Nc2ccc3oc4ccccc4c3c2)cc1OC. The number of hydrogen-bond acceptors (Lipinski definition) is 4. The van der Waals surface area contributed by atoms with Crippen molar-refractivity contribution in [2.24, 2.45) is 0 Å². The summed E-state index contributed by atoms with van der Waals surface area (Å²) >= 11 is 0. The Morgan fingerprint density at radius 3 is 2.42 bits per heavy atom. The third-order valence-electron chi connectivity index (χ3n) is 4.28. The van der Waals surface area contributed by atoms with Crippen molar-refractivity contribution in [2.75, 3.05) is 19.5 Å².